The van der Waals surface area contributed by atoms with Crippen molar-refractivity contribution in [3.8, 4) is 11.5 Å². The minimum absolute atomic E-state index is 0.449. The molecular formula is C17H22N2O2. The Balaban J connectivity index is 1.97. The topological polar surface area (TPSA) is 43.4 Å². The molecule has 4 heteroatoms. The maximum absolute atomic E-state index is 5.40. The number of ether oxygens (including phenoxy) is 2. The summed E-state index contributed by atoms with van der Waals surface area (Å²) in [5, 5.41) is 5.74. The summed E-state index contributed by atoms with van der Waals surface area (Å²) in [6.45, 7) is 2.24. The Morgan fingerprint density at radius 2 is 1.90 bits per heavy atom. The third kappa shape index (κ3) is 2.62. The van der Waals surface area contributed by atoms with Crippen LogP contribution in [0, 0.1) is 5.92 Å². The minimum atomic E-state index is 0.449. The Morgan fingerprint density at radius 3 is 2.52 bits per heavy atom. The van der Waals surface area contributed by atoms with Crippen LogP contribution in [0.2, 0.25) is 0 Å². The lowest BCUT2D eigenvalue weighted by Gasteiger charge is -2.32. The molecule has 1 saturated carbocycles. The van der Waals surface area contributed by atoms with Crippen LogP contribution in [0.1, 0.15) is 26.2 Å². The Bertz CT molecular complexity index is 638. The van der Waals surface area contributed by atoms with Gasteiger partial charge in [-0.05, 0) is 49.3 Å². The highest BCUT2D eigenvalue weighted by molar-refractivity contribution is 5.94. The van der Waals surface area contributed by atoms with E-state index in [-0.39, 0.29) is 0 Å². The summed E-state index contributed by atoms with van der Waals surface area (Å²) in [6, 6.07) is 6.44. The lowest BCUT2D eigenvalue weighted by Crippen LogP contribution is -2.31. The maximum Gasteiger partial charge on any atom is 0.161 e. The van der Waals surface area contributed by atoms with Gasteiger partial charge in [0, 0.05) is 17.6 Å². The predicted molar refractivity (Wildman–Crippen MR) is 85.3 cm³/mol. The van der Waals surface area contributed by atoms with Gasteiger partial charge in [0.05, 0.1) is 14.2 Å². The van der Waals surface area contributed by atoms with E-state index >= 15 is 0 Å². The van der Waals surface area contributed by atoms with E-state index in [2.05, 4.69) is 17.2 Å². The fourth-order valence-electron chi connectivity index (χ4n) is 2.89. The van der Waals surface area contributed by atoms with Gasteiger partial charge in [-0.25, -0.2) is 4.98 Å². The molecule has 1 fully saturated rings. The van der Waals surface area contributed by atoms with Crippen LogP contribution < -0.4 is 14.8 Å². The van der Waals surface area contributed by atoms with E-state index in [1.807, 2.05) is 24.4 Å². The number of fused-ring (bicyclic) bond motifs is 1. The van der Waals surface area contributed by atoms with E-state index in [9.17, 15) is 0 Å². The monoisotopic (exact) mass is 286 g/mol. The second kappa shape index (κ2) is 5.80. The molecule has 0 saturated heterocycles. The van der Waals surface area contributed by atoms with Crippen LogP contribution in [0.3, 0.4) is 0 Å². The van der Waals surface area contributed by atoms with E-state index < -0.39 is 0 Å². The summed E-state index contributed by atoms with van der Waals surface area (Å²) in [5.41, 5.74) is 0. The van der Waals surface area contributed by atoms with Crippen molar-refractivity contribution in [2.75, 3.05) is 19.5 Å². The van der Waals surface area contributed by atoms with Crippen molar-refractivity contribution in [2.24, 2.45) is 5.92 Å². The Labute approximate surface area is 125 Å². The van der Waals surface area contributed by atoms with Crippen molar-refractivity contribution in [3.63, 3.8) is 0 Å². The van der Waals surface area contributed by atoms with E-state index in [4.69, 9.17) is 9.47 Å². The first-order valence-electron chi connectivity index (χ1n) is 7.50. The molecule has 1 heterocycles. The molecule has 1 atom stereocenters. The number of nitrogens with one attached hydrogen (secondary N) is 1. The van der Waals surface area contributed by atoms with Gasteiger partial charge in [-0.15, -0.1) is 0 Å². The van der Waals surface area contributed by atoms with Gasteiger partial charge in [0.25, 0.3) is 0 Å². The molecule has 2 aromatic rings. The predicted octanol–water partition coefficient (Wildman–Crippen LogP) is 3.85. The van der Waals surface area contributed by atoms with Gasteiger partial charge in [-0.1, -0.05) is 6.42 Å². The highest BCUT2D eigenvalue weighted by atomic mass is 16.5. The zero-order chi connectivity index (χ0) is 14.8. The molecule has 1 aliphatic carbocycles. The highest BCUT2D eigenvalue weighted by Gasteiger charge is 2.24. The summed E-state index contributed by atoms with van der Waals surface area (Å²) >= 11 is 0. The largest absolute Gasteiger partial charge is 0.493 e. The third-order valence-corrected chi connectivity index (χ3v) is 4.49. The molecule has 0 spiro atoms. The van der Waals surface area contributed by atoms with E-state index in [1.165, 1.54) is 19.3 Å². The van der Waals surface area contributed by atoms with Crippen LogP contribution in [0.4, 0.5) is 5.82 Å². The molecule has 1 aromatic heterocycles. The average Bonchev–Trinajstić information content (AvgIpc) is 2.44. The fourth-order valence-corrected chi connectivity index (χ4v) is 2.89. The number of anilines is 1. The number of rotatable bonds is 5. The molecule has 1 aliphatic rings. The number of benzene rings is 1. The van der Waals surface area contributed by atoms with Gasteiger partial charge < -0.3 is 14.8 Å². The zero-order valence-electron chi connectivity index (χ0n) is 12.8. The Hall–Kier alpha value is -1.97. The van der Waals surface area contributed by atoms with Crippen LogP contribution in [0.15, 0.2) is 24.4 Å². The van der Waals surface area contributed by atoms with Crippen LogP contribution in [-0.2, 0) is 0 Å². The zero-order valence-corrected chi connectivity index (χ0v) is 12.8. The van der Waals surface area contributed by atoms with Gasteiger partial charge in [-0.2, -0.15) is 0 Å². The van der Waals surface area contributed by atoms with Crippen LogP contribution in [0.25, 0.3) is 10.8 Å². The SMILES string of the molecule is COc1cc2ccnc(NC(C)C3CCC3)c2cc1OC. The Morgan fingerprint density at radius 1 is 1.19 bits per heavy atom. The molecular weight excluding hydrogens is 264 g/mol. The van der Waals surface area contributed by atoms with Crippen LogP contribution in [-0.4, -0.2) is 25.2 Å². The number of nitrogens with zero attached hydrogens (tertiary/aromatic N) is 1. The first-order chi connectivity index (χ1) is 10.2. The van der Waals surface area contributed by atoms with Gasteiger partial charge in [0.15, 0.2) is 11.5 Å². The number of hydrogen-bond donors (Lipinski definition) is 1. The molecule has 1 unspecified atom stereocenters. The van der Waals surface area contributed by atoms with Crippen molar-refractivity contribution in [3.05, 3.63) is 24.4 Å². The molecule has 0 bridgehead atoms. The molecule has 0 amide bonds. The first kappa shape index (κ1) is 14.0. The second-order valence-corrected chi connectivity index (χ2v) is 5.71. The molecule has 3 rings (SSSR count). The number of hydrogen-bond acceptors (Lipinski definition) is 4. The lowest BCUT2D eigenvalue weighted by atomic mass is 9.80. The standard InChI is InChI=1S/C17H22N2O2/c1-11(12-5-4-6-12)19-17-14-10-16(21-3)15(20-2)9-13(14)7-8-18-17/h7-12H,4-6H2,1-3H3,(H,18,19). The van der Waals surface area contributed by atoms with Gasteiger partial charge in [-0.3, -0.25) is 0 Å². The molecule has 0 aliphatic heterocycles. The highest BCUT2D eigenvalue weighted by Crippen LogP contribution is 2.36. The van der Waals surface area contributed by atoms with E-state index in [0.29, 0.717) is 6.04 Å². The van der Waals surface area contributed by atoms with Crippen molar-refractivity contribution < 1.29 is 9.47 Å². The molecule has 4 nitrogen and oxygen atoms in total. The third-order valence-electron chi connectivity index (χ3n) is 4.49. The van der Waals surface area contributed by atoms with E-state index in [0.717, 1.165) is 34.0 Å². The molecule has 0 radical (unpaired) electrons. The van der Waals surface area contributed by atoms with Gasteiger partial charge in [0.1, 0.15) is 5.82 Å². The molecule has 1 aromatic carbocycles. The first-order valence-corrected chi connectivity index (χ1v) is 7.50. The fraction of sp³-hybridized carbons (Fsp3) is 0.471. The number of pyridine rings is 1. The summed E-state index contributed by atoms with van der Waals surface area (Å²) in [5.74, 6) is 3.17. The van der Waals surface area contributed by atoms with Gasteiger partial charge >= 0.3 is 0 Å². The van der Waals surface area contributed by atoms with Crippen molar-refractivity contribution in [1.29, 1.82) is 0 Å². The normalized spacial score (nSPS) is 16.3. The Kier molecular flexibility index (Phi) is 3.86. The van der Waals surface area contributed by atoms with Crippen molar-refractivity contribution >= 4 is 16.6 Å². The molecule has 1 N–H and O–H groups in total. The summed E-state index contributed by atoms with van der Waals surface area (Å²) in [6.07, 6.45) is 5.82. The number of aromatic nitrogens is 1. The smallest absolute Gasteiger partial charge is 0.161 e. The van der Waals surface area contributed by atoms with Crippen LogP contribution in [0.5, 0.6) is 11.5 Å². The summed E-state index contributed by atoms with van der Waals surface area (Å²) in [7, 11) is 3.31. The summed E-state index contributed by atoms with van der Waals surface area (Å²) in [4.78, 5) is 4.51. The second-order valence-electron chi connectivity index (χ2n) is 5.71. The quantitative estimate of drug-likeness (QED) is 0.906. The van der Waals surface area contributed by atoms with Gasteiger partial charge in [0.2, 0.25) is 0 Å². The maximum atomic E-state index is 5.40. The van der Waals surface area contributed by atoms with E-state index in [1.54, 1.807) is 14.2 Å². The molecule has 112 valence electrons. The van der Waals surface area contributed by atoms with Crippen molar-refractivity contribution in [2.45, 2.75) is 32.2 Å². The summed E-state index contributed by atoms with van der Waals surface area (Å²) < 4.78 is 10.8. The van der Waals surface area contributed by atoms with Crippen molar-refractivity contribution in [1.82, 2.24) is 4.98 Å². The van der Waals surface area contributed by atoms with Crippen LogP contribution >= 0.6 is 0 Å². The average molecular weight is 286 g/mol. The lowest BCUT2D eigenvalue weighted by molar-refractivity contribution is 0.285. The minimum Gasteiger partial charge on any atom is -0.493 e. The number of methoxy groups -OCH3 is 2. The molecule has 21 heavy (non-hydrogen) atoms.